The van der Waals surface area contributed by atoms with Crippen molar-refractivity contribution in [3.05, 3.63) is 107 Å². The summed E-state index contributed by atoms with van der Waals surface area (Å²) < 4.78 is 23.3. The van der Waals surface area contributed by atoms with E-state index in [-0.39, 0.29) is 26.2 Å². The zero-order chi connectivity index (χ0) is 25.8. The van der Waals surface area contributed by atoms with E-state index >= 15 is 0 Å². The van der Waals surface area contributed by atoms with E-state index in [1.807, 2.05) is 91.9 Å². The van der Waals surface area contributed by atoms with E-state index in [0.717, 1.165) is 30.4 Å². The summed E-state index contributed by atoms with van der Waals surface area (Å²) >= 11 is 0. The molecule has 0 saturated heterocycles. The number of unbranched alkanes of at least 4 members (excludes halogenated alkanes) is 1. The number of aliphatic hydroxyl groups excluding tert-OH is 1. The first kappa shape index (κ1) is 34.7. The van der Waals surface area contributed by atoms with Gasteiger partial charge >= 0.3 is 26.2 Å². The zero-order valence-electron chi connectivity index (χ0n) is 22.2. The number of benzene rings is 1. The Morgan fingerprint density at radius 2 is 1.42 bits per heavy atom. The van der Waals surface area contributed by atoms with Crippen LogP contribution in [0.25, 0.3) is 0 Å². The van der Waals surface area contributed by atoms with E-state index in [0.29, 0.717) is 26.1 Å². The Hall–Kier alpha value is -1.35. The van der Waals surface area contributed by atoms with Gasteiger partial charge in [-0.1, -0.05) is 62.4 Å². The van der Waals surface area contributed by atoms with Gasteiger partial charge in [0, 0.05) is 0 Å². The van der Waals surface area contributed by atoms with Crippen molar-refractivity contribution in [2.45, 2.75) is 65.9 Å². The maximum absolute atomic E-state index is 12.7. The monoisotopic (exact) mass is 587 g/mol. The van der Waals surface area contributed by atoms with Gasteiger partial charge in [-0.15, -0.1) is 0 Å². The van der Waals surface area contributed by atoms with Crippen LogP contribution in [-0.4, -0.2) is 18.3 Å². The van der Waals surface area contributed by atoms with Gasteiger partial charge in [0.1, 0.15) is 0 Å². The number of rotatable bonds is 12. The Kier molecular flexibility index (Phi) is 20.9. The molecule has 0 heterocycles. The number of hydrogen-bond acceptors (Lipinski definition) is 4. The average molecular weight is 589 g/mol. The molecule has 0 aliphatic heterocycles. The maximum Gasteiger partial charge on any atom is 3.00 e. The smallest absolute Gasteiger partial charge is 0.388 e. The number of hydrogen-bond donors (Lipinski definition) is 1. The molecule has 0 fully saturated rings. The Morgan fingerprint density at radius 3 is 1.81 bits per heavy atom. The van der Waals surface area contributed by atoms with Gasteiger partial charge < -0.3 is 20.0 Å². The van der Waals surface area contributed by atoms with Crippen LogP contribution in [-0.2, 0) is 39.8 Å². The topological polar surface area (TPSA) is 55.8 Å². The SMILES string of the molecule is CCCCC(=[C-]P(=O)(OCC)OCC)CCC(O)c1ccc(C)cc1.[Zr+3].c1cc[cH-]c1.c1cc[cH-]c1. The fourth-order valence-electron chi connectivity index (χ4n) is 3.17. The van der Waals surface area contributed by atoms with Crippen molar-refractivity contribution in [1.29, 1.82) is 0 Å². The molecule has 0 aliphatic carbocycles. The van der Waals surface area contributed by atoms with Crippen molar-refractivity contribution >= 4 is 7.60 Å². The van der Waals surface area contributed by atoms with Crippen LogP contribution < -0.4 is 0 Å². The van der Waals surface area contributed by atoms with Crippen LogP contribution in [0.5, 0.6) is 0 Å². The van der Waals surface area contributed by atoms with E-state index < -0.39 is 13.7 Å². The quantitative estimate of drug-likeness (QED) is 0.170. The molecule has 1 unspecified atom stereocenters. The van der Waals surface area contributed by atoms with Gasteiger partial charge in [-0.25, -0.2) is 29.8 Å². The molecule has 1 atom stereocenters. The maximum atomic E-state index is 12.7. The Labute approximate surface area is 238 Å². The molecular formula is C30H42O4PZr. The fourth-order valence-corrected chi connectivity index (χ4v) is 4.66. The van der Waals surface area contributed by atoms with Crippen LogP contribution in [0.3, 0.4) is 0 Å². The van der Waals surface area contributed by atoms with E-state index in [1.54, 1.807) is 13.8 Å². The molecule has 0 spiro atoms. The van der Waals surface area contributed by atoms with Gasteiger partial charge in [-0.05, 0) is 32.8 Å². The fraction of sp³-hybridized carbons (Fsp3) is 0.400. The second kappa shape index (κ2) is 21.7. The van der Waals surface area contributed by atoms with E-state index in [9.17, 15) is 9.67 Å². The van der Waals surface area contributed by atoms with Crippen molar-refractivity contribution in [1.82, 2.24) is 0 Å². The van der Waals surface area contributed by atoms with Crippen molar-refractivity contribution in [2.24, 2.45) is 0 Å². The van der Waals surface area contributed by atoms with E-state index in [2.05, 4.69) is 12.7 Å². The standard InChI is InChI=1S/C20H32O4P.2C5H5.Zr/c1-5-8-9-18(16-25(22,23-6-2)24-7-3)12-15-20(21)19-13-10-17(4)11-14-19;2*1-2-4-5-3-1;/h10-11,13-14,20-21H,5-9,12,15H2,1-4H3;2*1-5H;/q3*-1;+3. The molecule has 0 aliphatic rings. The van der Waals surface area contributed by atoms with Gasteiger partial charge in [0.25, 0.3) is 0 Å². The van der Waals surface area contributed by atoms with Crippen LogP contribution in [0.4, 0.5) is 0 Å². The second-order valence-electron chi connectivity index (χ2n) is 8.04. The Balaban J connectivity index is 0.000000908. The van der Waals surface area contributed by atoms with Crippen LogP contribution >= 0.6 is 7.60 Å². The third-order valence-corrected chi connectivity index (χ3v) is 6.80. The van der Waals surface area contributed by atoms with Crippen LogP contribution in [0, 0.1) is 12.7 Å². The second-order valence-corrected chi connectivity index (χ2v) is 9.78. The van der Waals surface area contributed by atoms with Gasteiger partial charge in [0.05, 0.1) is 19.3 Å². The van der Waals surface area contributed by atoms with Crippen molar-refractivity contribution in [3.63, 3.8) is 0 Å². The molecule has 0 saturated carbocycles. The molecular weight excluding hydrogens is 547 g/mol. The molecule has 3 aromatic rings. The minimum atomic E-state index is -3.32. The molecule has 4 nitrogen and oxygen atoms in total. The molecule has 1 N–H and O–H groups in total. The molecule has 36 heavy (non-hydrogen) atoms. The van der Waals surface area contributed by atoms with E-state index in [1.165, 1.54) is 5.56 Å². The van der Waals surface area contributed by atoms with Gasteiger partial charge in [-0.2, -0.15) is 36.4 Å². The molecule has 1 radical (unpaired) electrons. The summed E-state index contributed by atoms with van der Waals surface area (Å²) in [4.78, 5) is 0. The van der Waals surface area contributed by atoms with Crippen molar-refractivity contribution < 1.29 is 44.9 Å². The first-order valence-corrected chi connectivity index (χ1v) is 14.1. The first-order valence-electron chi connectivity index (χ1n) is 12.5. The summed E-state index contributed by atoms with van der Waals surface area (Å²) in [7, 11) is -3.32. The molecule has 3 aromatic carbocycles. The summed E-state index contributed by atoms with van der Waals surface area (Å²) in [6, 6.07) is 27.9. The number of aliphatic hydroxyl groups is 1. The molecule has 3 rings (SSSR count). The number of aryl methyl sites for hydroxylation is 1. The van der Waals surface area contributed by atoms with Crippen LogP contribution in [0.15, 0.2) is 90.5 Å². The normalized spacial score (nSPS) is 11.9. The molecule has 195 valence electrons. The van der Waals surface area contributed by atoms with Crippen LogP contribution in [0.1, 0.15) is 70.1 Å². The number of allylic oxidation sites excluding steroid dienone is 1. The molecule has 0 aromatic heterocycles. The summed E-state index contributed by atoms with van der Waals surface area (Å²) in [6.45, 7) is 8.36. The minimum absolute atomic E-state index is 0. The third kappa shape index (κ3) is 16.4. The predicted molar refractivity (Wildman–Crippen MR) is 147 cm³/mol. The van der Waals surface area contributed by atoms with E-state index in [4.69, 9.17) is 9.05 Å². The van der Waals surface area contributed by atoms with Crippen molar-refractivity contribution in [3.8, 4) is 0 Å². The summed E-state index contributed by atoms with van der Waals surface area (Å²) in [5, 5.41) is 10.4. The summed E-state index contributed by atoms with van der Waals surface area (Å²) in [6.07, 6.45) is 3.46. The van der Waals surface area contributed by atoms with Gasteiger partial charge in [0.15, 0.2) is 7.60 Å². The Morgan fingerprint density at radius 1 is 0.917 bits per heavy atom. The molecule has 6 heteroatoms. The minimum Gasteiger partial charge on any atom is -0.388 e. The molecule has 0 bridgehead atoms. The Bertz CT molecular complexity index is 848. The molecule has 0 amide bonds. The van der Waals surface area contributed by atoms with Crippen molar-refractivity contribution in [2.75, 3.05) is 13.2 Å². The predicted octanol–water partition coefficient (Wildman–Crippen LogP) is 8.76. The summed E-state index contributed by atoms with van der Waals surface area (Å²) in [5.74, 6) is 3.00. The van der Waals surface area contributed by atoms with Gasteiger partial charge in [-0.3, -0.25) is 4.57 Å². The van der Waals surface area contributed by atoms with Crippen LogP contribution in [0.2, 0.25) is 0 Å². The van der Waals surface area contributed by atoms with Gasteiger partial charge in [0.2, 0.25) is 0 Å². The summed E-state index contributed by atoms with van der Waals surface area (Å²) in [5.41, 5.74) is 2.98. The average Bonchev–Trinajstić information content (AvgIpc) is 3.61. The largest absolute Gasteiger partial charge is 3.00 e. The first-order chi connectivity index (χ1) is 16.9. The third-order valence-electron chi connectivity index (χ3n) is 5.02. The zero-order valence-corrected chi connectivity index (χ0v) is 25.6.